The van der Waals surface area contributed by atoms with E-state index in [9.17, 15) is 9.59 Å². The minimum absolute atomic E-state index is 0.0450. The average Bonchev–Trinajstić information content (AvgIpc) is 2.94. The van der Waals surface area contributed by atoms with Crippen LogP contribution in [0.15, 0.2) is 0 Å². The highest BCUT2D eigenvalue weighted by Gasteiger charge is 2.50. The van der Waals surface area contributed by atoms with Gasteiger partial charge in [-0.15, -0.1) is 0 Å². The molecule has 2 bridgehead atoms. The normalized spacial score (nSPS) is 34.3. The lowest BCUT2D eigenvalue weighted by atomic mass is 9.83. The smallest absolute Gasteiger partial charge is 0.323 e. The maximum absolute atomic E-state index is 12.7. The van der Waals surface area contributed by atoms with Crippen LogP contribution in [0, 0.1) is 17.8 Å². The first-order valence-corrected chi connectivity index (χ1v) is 7.23. The first-order chi connectivity index (χ1) is 8.95. The fourth-order valence-electron chi connectivity index (χ4n) is 3.71. The molecule has 0 aromatic carbocycles. The predicted molar refractivity (Wildman–Crippen MR) is 71.4 cm³/mol. The number of fused-ring (bicyclic) bond motifs is 2. The van der Waals surface area contributed by atoms with Crippen LogP contribution in [-0.4, -0.2) is 40.5 Å². The van der Waals surface area contributed by atoms with E-state index in [4.69, 9.17) is 10.8 Å². The van der Waals surface area contributed by atoms with Crippen molar-refractivity contribution in [2.75, 3.05) is 6.54 Å². The number of nitrogens with two attached hydrogens (primary N) is 1. The molecular formula is C14H24N2O3. The Kier molecular flexibility index (Phi) is 4.13. The van der Waals surface area contributed by atoms with Gasteiger partial charge in [-0.05, 0) is 44.4 Å². The summed E-state index contributed by atoms with van der Waals surface area (Å²) >= 11 is 0. The summed E-state index contributed by atoms with van der Waals surface area (Å²) in [5, 5.41) is 8.99. The van der Waals surface area contributed by atoms with Crippen LogP contribution in [-0.2, 0) is 9.59 Å². The standard InChI is InChI=1S/C14H24N2O3/c1-3-8(2)16(7-11(17)18)14(19)12-9-4-5-10(6-9)13(12)15/h8-10,12-13H,3-7,15H2,1-2H3,(H,17,18). The van der Waals surface area contributed by atoms with Gasteiger partial charge in [-0.25, -0.2) is 0 Å². The number of carbonyl (C=O) groups excluding carboxylic acids is 1. The van der Waals surface area contributed by atoms with E-state index in [1.807, 2.05) is 13.8 Å². The summed E-state index contributed by atoms with van der Waals surface area (Å²) < 4.78 is 0. The molecule has 0 aliphatic heterocycles. The van der Waals surface area contributed by atoms with Crippen molar-refractivity contribution in [3.8, 4) is 0 Å². The van der Waals surface area contributed by atoms with E-state index in [2.05, 4.69) is 0 Å². The molecule has 5 unspecified atom stereocenters. The van der Waals surface area contributed by atoms with Gasteiger partial charge in [-0.3, -0.25) is 9.59 Å². The van der Waals surface area contributed by atoms with Crippen molar-refractivity contribution in [2.45, 2.75) is 51.6 Å². The molecule has 2 aliphatic carbocycles. The van der Waals surface area contributed by atoms with Gasteiger partial charge in [0, 0.05) is 12.1 Å². The van der Waals surface area contributed by atoms with Crippen LogP contribution in [0.25, 0.3) is 0 Å². The van der Waals surface area contributed by atoms with Crippen LogP contribution in [0.5, 0.6) is 0 Å². The molecule has 2 rings (SSSR count). The van der Waals surface area contributed by atoms with Gasteiger partial charge < -0.3 is 15.7 Å². The topological polar surface area (TPSA) is 83.6 Å². The molecule has 5 heteroatoms. The van der Waals surface area contributed by atoms with Gasteiger partial charge in [0.05, 0.1) is 5.92 Å². The van der Waals surface area contributed by atoms with Crippen molar-refractivity contribution in [3.05, 3.63) is 0 Å². The molecule has 0 saturated heterocycles. The maximum Gasteiger partial charge on any atom is 0.323 e. The summed E-state index contributed by atoms with van der Waals surface area (Å²) in [7, 11) is 0. The number of amides is 1. The van der Waals surface area contributed by atoms with Crippen molar-refractivity contribution < 1.29 is 14.7 Å². The first kappa shape index (κ1) is 14.3. The second-order valence-electron chi connectivity index (χ2n) is 6.05. The van der Waals surface area contributed by atoms with E-state index < -0.39 is 5.97 Å². The van der Waals surface area contributed by atoms with Gasteiger partial charge >= 0.3 is 5.97 Å². The summed E-state index contributed by atoms with van der Waals surface area (Å²) in [4.78, 5) is 25.1. The fourth-order valence-corrected chi connectivity index (χ4v) is 3.71. The molecule has 19 heavy (non-hydrogen) atoms. The monoisotopic (exact) mass is 268 g/mol. The van der Waals surface area contributed by atoms with E-state index in [1.54, 1.807) is 0 Å². The van der Waals surface area contributed by atoms with Crippen molar-refractivity contribution in [1.82, 2.24) is 4.90 Å². The molecule has 2 saturated carbocycles. The number of hydrogen-bond donors (Lipinski definition) is 2. The summed E-state index contributed by atoms with van der Waals surface area (Å²) in [6.07, 6.45) is 3.99. The number of carboxylic acid groups (broad SMARTS) is 1. The molecule has 0 radical (unpaired) electrons. The molecule has 0 aromatic heterocycles. The minimum Gasteiger partial charge on any atom is -0.480 e. The number of aliphatic carboxylic acids is 1. The quantitative estimate of drug-likeness (QED) is 0.781. The van der Waals surface area contributed by atoms with Crippen molar-refractivity contribution in [2.24, 2.45) is 23.5 Å². The highest BCUT2D eigenvalue weighted by Crippen LogP contribution is 2.48. The zero-order chi connectivity index (χ0) is 14.2. The Morgan fingerprint density at radius 1 is 1.37 bits per heavy atom. The van der Waals surface area contributed by atoms with E-state index in [0.717, 1.165) is 25.7 Å². The molecule has 0 spiro atoms. The van der Waals surface area contributed by atoms with Crippen molar-refractivity contribution in [1.29, 1.82) is 0 Å². The van der Waals surface area contributed by atoms with Crippen LogP contribution in [0.4, 0.5) is 0 Å². The Balaban J connectivity index is 2.13. The predicted octanol–water partition coefficient (Wildman–Crippen LogP) is 1.07. The summed E-state index contributed by atoms with van der Waals surface area (Å²) in [6, 6.07) is -0.124. The Bertz CT molecular complexity index is 370. The highest BCUT2D eigenvalue weighted by molar-refractivity contribution is 5.84. The molecule has 5 atom stereocenters. The molecule has 2 aliphatic rings. The number of rotatable bonds is 5. The van der Waals surface area contributed by atoms with Gasteiger partial charge in [0.15, 0.2) is 0 Å². The molecule has 0 aromatic rings. The lowest BCUT2D eigenvalue weighted by Crippen LogP contribution is -2.51. The van der Waals surface area contributed by atoms with Crippen LogP contribution in [0.2, 0.25) is 0 Å². The fraction of sp³-hybridized carbons (Fsp3) is 0.857. The molecule has 108 valence electrons. The largest absolute Gasteiger partial charge is 0.480 e. The van der Waals surface area contributed by atoms with Crippen LogP contribution < -0.4 is 5.73 Å². The van der Waals surface area contributed by atoms with E-state index in [0.29, 0.717) is 11.8 Å². The highest BCUT2D eigenvalue weighted by atomic mass is 16.4. The van der Waals surface area contributed by atoms with Gasteiger partial charge in [0.25, 0.3) is 0 Å². The third kappa shape index (κ3) is 2.61. The third-order valence-electron chi connectivity index (χ3n) is 4.98. The van der Waals surface area contributed by atoms with E-state index in [1.165, 1.54) is 4.90 Å². The molecular weight excluding hydrogens is 244 g/mol. The number of carbonyl (C=O) groups is 2. The second kappa shape index (κ2) is 5.49. The lowest BCUT2D eigenvalue weighted by molar-refractivity contribution is -0.149. The zero-order valence-corrected chi connectivity index (χ0v) is 11.7. The number of hydrogen-bond acceptors (Lipinski definition) is 3. The Hall–Kier alpha value is -1.10. The zero-order valence-electron chi connectivity index (χ0n) is 11.7. The van der Waals surface area contributed by atoms with Crippen LogP contribution >= 0.6 is 0 Å². The summed E-state index contributed by atoms with van der Waals surface area (Å²) in [5.41, 5.74) is 6.18. The first-order valence-electron chi connectivity index (χ1n) is 7.23. The average molecular weight is 268 g/mol. The van der Waals surface area contributed by atoms with Gasteiger partial charge in [-0.1, -0.05) is 6.92 Å². The Morgan fingerprint density at radius 3 is 2.47 bits per heavy atom. The Morgan fingerprint density at radius 2 is 2.00 bits per heavy atom. The molecule has 2 fully saturated rings. The lowest BCUT2D eigenvalue weighted by Gasteiger charge is -2.35. The van der Waals surface area contributed by atoms with Crippen molar-refractivity contribution in [3.63, 3.8) is 0 Å². The summed E-state index contributed by atoms with van der Waals surface area (Å²) in [6.45, 7) is 3.65. The maximum atomic E-state index is 12.7. The van der Waals surface area contributed by atoms with E-state index in [-0.39, 0.29) is 30.5 Å². The number of carboxylic acids is 1. The van der Waals surface area contributed by atoms with Gasteiger partial charge in [0.2, 0.25) is 5.91 Å². The third-order valence-corrected chi connectivity index (χ3v) is 4.98. The van der Waals surface area contributed by atoms with Crippen LogP contribution in [0.1, 0.15) is 39.5 Å². The number of nitrogens with zero attached hydrogens (tertiary/aromatic N) is 1. The van der Waals surface area contributed by atoms with Crippen LogP contribution in [0.3, 0.4) is 0 Å². The molecule has 1 amide bonds. The molecule has 3 N–H and O–H groups in total. The SMILES string of the molecule is CCC(C)N(CC(=O)O)C(=O)C1C2CCC(C2)C1N. The molecule has 5 nitrogen and oxygen atoms in total. The Labute approximate surface area is 114 Å². The minimum atomic E-state index is -0.953. The second-order valence-corrected chi connectivity index (χ2v) is 6.05. The summed E-state index contributed by atoms with van der Waals surface area (Å²) in [5.74, 6) is -0.329. The van der Waals surface area contributed by atoms with Gasteiger partial charge in [0.1, 0.15) is 6.54 Å². The van der Waals surface area contributed by atoms with Gasteiger partial charge in [-0.2, -0.15) is 0 Å². The van der Waals surface area contributed by atoms with Crippen molar-refractivity contribution >= 4 is 11.9 Å². The molecule has 0 heterocycles. The van der Waals surface area contributed by atoms with E-state index >= 15 is 0 Å².